The Morgan fingerprint density at radius 3 is 2.92 bits per heavy atom. The maximum Gasteiger partial charge on any atom is 0.229 e. The predicted molar refractivity (Wildman–Crippen MR) is 91.7 cm³/mol. The quantitative estimate of drug-likeness (QED) is 0.798. The summed E-state index contributed by atoms with van der Waals surface area (Å²) in [6.07, 6.45) is 0.363. The summed E-state index contributed by atoms with van der Waals surface area (Å²) < 4.78 is 37.1. The molecule has 0 saturated carbocycles. The number of hydrogen-bond donors (Lipinski definition) is 2. The van der Waals surface area contributed by atoms with Gasteiger partial charge in [0.15, 0.2) is 15.7 Å². The number of nitrogens with zero attached hydrogens (tertiary/aromatic N) is 2. The van der Waals surface area contributed by atoms with Crippen LogP contribution in [-0.2, 0) is 19.4 Å². The number of carbonyl (C=O) groups is 2. The standard InChI is InChI=1S/C16H17FN4O4S/c17-11-2-1-3-12-14(11)15(20-19-12)21-7-9(6-13(21)22)16(23)18-10-4-5-26(24,25)8-10/h1-3,9-10H,4-8H2,(H,18,23)(H,19,20)/t9-,10-/m1/s1. The average molecular weight is 380 g/mol. The van der Waals surface area contributed by atoms with Crippen molar-refractivity contribution in [2.24, 2.45) is 5.92 Å². The van der Waals surface area contributed by atoms with Crippen molar-refractivity contribution < 1.29 is 22.4 Å². The lowest BCUT2D eigenvalue weighted by Gasteiger charge is -2.16. The van der Waals surface area contributed by atoms with E-state index in [1.54, 1.807) is 6.07 Å². The van der Waals surface area contributed by atoms with E-state index in [0.29, 0.717) is 11.9 Å². The van der Waals surface area contributed by atoms with Crippen LogP contribution in [0.2, 0.25) is 0 Å². The molecule has 26 heavy (non-hydrogen) atoms. The summed E-state index contributed by atoms with van der Waals surface area (Å²) in [5.41, 5.74) is 0.469. The van der Waals surface area contributed by atoms with Gasteiger partial charge in [0.1, 0.15) is 5.82 Å². The van der Waals surface area contributed by atoms with Crippen LogP contribution in [-0.4, -0.2) is 54.5 Å². The highest BCUT2D eigenvalue weighted by Gasteiger charge is 2.39. The Hall–Kier alpha value is -2.49. The van der Waals surface area contributed by atoms with Gasteiger partial charge in [-0.15, -0.1) is 0 Å². The number of halogens is 1. The van der Waals surface area contributed by atoms with E-state index in [4.69, 9.17) is 0 Å². The van der Waals surface area contributed by atoms with Crippen LogP contribution in [0.4, 0.5) is 10.2 Å². The highest BCUT2D eigenvalue weighted by Crippen LogP contribution is 2.31. The number of nitrogens with one attached hydrogen (secondary N) is 2. The number of aromatic nitrogens is 2. The molecule has 2 aliphatic heterocycles. The molecule has 2 aromatic rings. The lowest BCUT2D eigenvalue weighted by molar-refractivity contribution is -0.126. The summed E-state index contributed by atoms with van der Waals surface area (Å²) in [6.45, 7) is 0.0818. The maximum absolute atomic E-state index is 14.1. The van der Waals surface area contributed by atoms with E-state index in [1.165, 1.54) is 17.0 Å². The van der Waals surface area contributed by atoms with Crippen LogP contribution < -0.4 is 10.2 Å². The largest absolute Gasteiger partial charge is 0.352 e. The normalized spacial score (nSPS) is 25.1. The molecule has 2 N–H and O–H groups in total. The van der Waals surface area contributed by atoms with Gasteiger partial charge in [-0.25, -0.2) is 12.8 Å². The number of rotatable bonds is 3. The van der Waals surface area contributed by atoms with Gasteiger partial charge in [0.25, 0.3) is 0 Å². The minimum atomic E-state index is -3.10. The molecule has 3 heterocycles. The Balaban J connectivity index is 1.51. The van der Waals surface area contributed by atoms with Gasteiger partial charge in [-0.05, 0) is 18.6 Å². The van der Waals surface area contributed by atoms with Gasteiger partial charge in [-0.3, -0.25) is 19.6 Å². The van der Waals surface area contributed by atoms with E-state index in [9.17, 15) is 22.4 Å². The zero-order chi connectivity index (χ0) is 18.5. The number of anilines is 1. The summed E-state index contributed by atoms with van der Waals surface area (Å²) in [5.74, 6) is -1.64. The second kappa shape index (κ2) is 6.04. The third-order valence-corrected chi connectivity index (χ3v) is 6.62. The molecule has 0 spiro atoms. The van der Waals surface area contributed by atoms with Crippen molar-refractivity contribution in [2.75, 3.05) is 23.0 Å². The molecule has 0 bridgehead atoms. The molecule has 0 unspecified atom stereocenters. The summed E-state index contributed by atoms with van der Waals surface area (Å²) in [4.78, 5) is 26.1. The van der Waals surface area contributed by atoms with Crippen LogP contribution in [0.15, 0.2) is 18.2 Å². The van der Waals surface area contributed by atoms with Gasteiger partial charge in [-0.1, -0.05) is 6.07 Å². The van der Waals surface area contributed by atoms with Crippen LogP contribution in [0.3, 0.4) is 0 Å². The van der Waals surface area contributed by atoms with E-state index in [0.717, 1.165) is 0 Å². The highest BCUT2D eigenvalue weighted by molar-refractivity contribution is 7.91. The Labute approximate surface area is 148 Å². The van der Waals surface area contributed by atoms with Gasteiger partial charge >= 0.3 is 0 Å². The fraction of sp³-hybridized carbons (Fsp3) is 0.438. The summed E-state index contributed by atoms with van der Waals surface area (Å²) in [5, 5.41) is 9.64. The minimum absolute atomic E-state index is 0.0197. The molecule has 2 saturated heterocycles. The van der Waals surface area contributed by atoms with Crippen molar-refractivity contribution in [3.63, 3.8) is 0 Å². The molecule has 1 aromatic carbocycles. The van der Waals surface area contributed by atoms with Crippen LogP contribution in [0.1, 0.15) is 12.8 Å². The topological polar surface area (TPSA) is 112 Å². The van der Waals surface area contributed by atoms with Crippen molar-refractivity contribution in [2.45, 2.75) is 18.9 Å². The SMILES string of the molecule is O=C(N[C@@H]1CCS(=O)(=O)C1)[C@@H]1CC(=O)N(c2n[nH]c3cccc(F)c23)C1. The fourth-order valence-electron chi connectivity index (χ4n) is 3.52. The van der Waals surface area contributed by atoms with Crippen molar-refractivity contribution in [1.82, 2.24) is 15.5 Å². The highest BCUT2D eigenvalue weighted by atomic mass is 32.2. The van der Waals surface area contributed by atoms with Crippen LogP contribution >= 0.6 is 0 Å². The number of aromatic amines is 1. The van der Waals surface area contributed by atoms with Gasteiger partial charge in [0.2, 0.25) is 11.8 Å². The Bertz CT molecular complexity index is 1000. The lowest BCUT2D eigenvalue weighted by atomic mass is 10.1. The smallest absolute Gasteiger partial charge is 0.229 e. The molecule has 2 aliphatic rings. The zero-order valence-electron chi connectivity index (χ0n) is 13.7. The third kappa shape index (κ3) is 2.94. The third-order valence-electron chi connectivity index (χ3n) is 4.85. The molecule has 10 heteroatoms. The first-order valence-corrected chi connectivity index (χ1v) is 10.1. The summed E-state index contributed by atoms with van der Waals surface area (Å²) >= 11 is 0. The number of hydrogen-bond acceptors (Lipinski definition) is 5. The second-order valence-corrected chi connectivity index (χ2v) is 8.95. The molecule has 138 valence electrons. The van der Waals surface area contributed by atoms with Gasteiger partial charge in [0.05, 0.1) is 28.3 Å². The molecule has 0 aliphatic carbocycles. The van der Waals surface area contributed by atoms with E-state index >= 15 is 0 Å². The van der Waals surface area contributed by atoms with E-state index < -0.39 is 27.6 Å². The molecule has 0 radical (unpaired) electrons. The first-order chi connectivity index (χ1) is 12.3. The first-order valence-electron chi connectivity index (χ1n) is 8.28. The van der Waals surface area contributed by atoms with Crippen LogP contribution in [0.25, 0.3) is 10.9 Å². The van der Waals surface area contributed by atoms with E-state index in [-0.39, 0.29) is 47.5 Å². The Morgan fingerprint density at radius 2 is 2.19 bits per heavy atom. The molecule has 2 amide bonds. The number of sulfone groups is 1. The molecule has 4 rings (SSSR count). The van der Waals surface area contributed by atoms with Crippen LogP contribution in [0.5, 0.6) is 0 Å². The predicted octanol–water partition coefficient (Wildman–Crippen LogP) is 0.358. The van der Waals surface area contributed by atoms with Gasteiger partial charge < -0.3 is 5.32 Å². The monoisotopic (exact) mass is 380 g/mol. The van der Waals surface area contributed by atoms with Gasteiger partial charge in [0, 0.05) is 19.0 Å². The molecule has 2 fully saturated rings. The number of carbonyl (C=O) groups excluding carboxylic acids is 2. The second-order valence-electron chi connectivity index (χ2n) is 6.72. The Morgan fingerprint density at radius 1 is 1.38 bits per heavy atom. The summed E-state index contributed by atoms with van der Waals surface area (Å²) in [7, 11) is -3.10. The molecular weight excluding hydrogens is 363 g/mol. The maximum atomic E-state index is 14.1. The van der Waals surface area contributed by atoms with Crippen molar-refractivity contribution in [3.8, 4) is 0 Å². The number of H-pyrrole nitrogens is 1. The molecule has 1 aromatic heterocycles. The van der Waals surface area contributed by atoms with Crippen molar-refractivity contribution >= 4 is 38.4 Å². The molecular formula is C16H17FN4O4S. The number of amides is 2. The molecule has 8 nitrogen and oxygen atoms in total. The minimum Gasteiger partial charge on any atom is -0.352 e. The molecule has 2 atom stereocenters. The van der Waals surface area contributed by atoms with Crippen LogP contribution in [0, 0.1) is 11.7 Å². The fourth-order valence-corrected chi connectivity index (χ4v) is 5.20. The number of fused-ring (bicyclic) bond motifs is 1. The first kappa shape index (κ1) is 17.0. The van der Waals surface area contributed by atoms with Gasteiger partial charge in [-0.2, -0.15) is 5.10 Å². The Kier molecular flexibility index (Phi) is 3.94. The van der Waals surface area contributed by atoms with Crippen molar-refractivity contribution in [3.05, 3.63) is 24.0 Å². The number of benzene rings is 1. The van der Waals surface area contributed by atoms with E-state index in [1.807, 2.05) is 0 Å². The van der Waals surface area contributed by atoms with Crippen molar-refractivity contribution in [1.29, 1.82) is 0 Å². The zero-order valence-corrected chi connectivity index (χ0v) is 14.6. The average Bonchev–Trinajstić information content (AvgIpc) is 3.25. The lowest BCUT2D eigenvalue weighted by Crippen LogP contribution is -2.40. The summed E-state index contributed by atoms with van der Waals surface area (Å²) in [6, 6.07) is 4.06. The van der Waals surface area contributed by atoms with E-state index in [2.05, 4.69) is 15.5 Å².